The second-order valence-corrected chi connectivity index (χ2v) is 6.82. The first-order valence-corrected chi connectivity index (χ1v) is 7.94. The van der Waals surface area contributed by atoms with Crippen LogP contribution in [0.3, 0.4) is 0 Å². The fourth-order valence-electron chi connectivity index (χ4n) is 2.25. The highest BCUT2D eigenvalue weighted by Crippen LogP contribution is 2.25. The molecular formula is C18H26N4O. The van der Waals surface area contributed by atoms with Gasteiger partial charge in [0.1, 0.15) is 0 Å². The Morgan fingerprint density at radius 2 is 1.91 bits per heavy atom. The van der Waals surface area contributed by atoms with Crippen LogP contribution in [0.15, 0.2) is 36.5 Å². The third-order valence-electron chi connectivity index (χ3n) is 3.75. The summed E-state index contributed by atoms with van der Waals surface area (Å²) in [4.78, 5) is 12.6. The van der Waals surface area contributed by atoms with Crippen molar-refractivity contribution in [2.75, 3.05) is 13.6 Å². The predicted octanol–water partition coefficient (Wildman–Crippen LogP) is 2.51. The lowest BCUT2D eigenvalue weighted by atomic mass is 9.89. The Balaban J connectivity index is 2.34. The number of likely N-dealkylation sites (N-methyl/N-ethyl adjacent to an activating group) is 1. The molecule has 0 saturated heterocycles. The monoisotopic (exact) mass is 314 g/mol. The topological polar surface area (TPSA) is 58.9 Å². The van der Waals surface area contributed by atoms with Crippen molar-refractivity contribution in [1.82, 2.24) is 20.4 Å². The zero-order chi connectivity index (χ0) is 17.0. The Morgan fingerprint density at radius 1 is 1.26 bits per heavy atom. The number of carbonyl (C=O) groups excluding carboxylic acids is 1. The molecule has 1 aromatic carbocycles. The van der Waals surface area contributed by atoms with E-state index in [4.69, 9.17) is 0 Å². The predicted molar refractivity (Wildman–Crippen MR) is 93.1 cm³/mol. The van der Waals surface area contributed by atoms with E-state index in [1.54, 1.807) is 4.68 Å². The van der Waals surface area contributed by atoms with Crippen LogP contribution in [0.5, 0.6) is 0 Å². The normalized spacial score (nSPS) is 12.9. The summed E-state index contributed by atoms with van der Waals surface area (Å²) < 4.78 is 1.77. The molecular weight excluding hydrogens is 288 g/mol. The zero-order valence-corrected chi connectivity index (χ0v) is 14.6. The number of para-hydroxylation sites is 1. The summed E-state index contributed by atoms with van der Waals surface area (Å²) in [6, 6.07) is 10.1. The third kappa shape index (κ3) is 4.20. The number of nitrogens with zero attached hydrogens (tertiary/aromatic N) is 2. The second-order valence-electron chi connectivity index (χ2n) is 6.82. The van der Waals surface area contributed by atoms with Gasteiger partial charge in [-0.05, 0) is 26.1 Å². The standard InChI is InChI=1S/C18H26N4O/c1-13(19-5)11-20-17(23)15-12-22(14-9-7-6-8-10-14)21-16(15)18(2,3)4/h6-10,12-13,19H,11H2,1-5H3,(H,20,23). The molecule has 1 unspecified atom stereocenters. The maximum atomic E-state index is 12.6. The lowest BCUT2D eigenvalue weighted by Crippen LogP contribution is -2.37. The van der Waals surface area contributed by atoms with Crippen molar-refractivity contribution in [2.45, 2.75) is 39.2 Å². The molecule has 1 atom stereocenters. The van der Waals surface area contributed by atoms with Crippen molar-refractivity contribution in [1.29, 1.82) is 0 Å². The van der Waals surface area contributed by atoms with Crippen LogP contribution >= 0.6 is 0 Å². The summed E-state index contributed by atoms with van der Waals surface area (Å²) in [5.74, 6) is -0.0841. The number of aromatic nitrogens is 2. The number of hydrogen-bond donors (Lipinski definition) is 2. The minimum absolute atomic E-state index is 0.0841. The second kappa shape index (κ2) is 6.96. The molecule has 1 amide bonds. The molecule has 0 bridgehead atoms. The summed E-state index contributed by atoms with van der Waals surface area (Å²) in [6.07, 6.45) is 1.81. The zero-order valence-electron chi connectivity index (χ0n) is 14.6. The average molecular weight is 314 g/mol. The molecule has 5 heteroatoms. The number of rotatable bonds is 5. The smallest absolute Gasteiger partial charge is 0.254 e. The first-order valence-electron chi connectivity index (χ1n) is 7.94. The highest BCUT2D eigenvalue weighted by Gasteiger charge is 2.26. The average Bonchev–Trinajstić information content (AvgIpc) is 2.98. The van der Waals surface area contributed by atoms with Gasteiger partial charge in [0, 0.05) is 24.2 Å². The first kappa shape index (κ1) is 17.2. The van der Waals surface area contributed by atoms with Crippen LogP contribution in [0.4, 0.5) is 0 Å². The van der Waals surface area contributed by atoms with E-state index >= 15 is 0 Å². The number of carbonyl (C=O) groups is 1. The van der Waals surface area contributed by atoms with Gasteiger partial charge < -0.3 is 10.6 Å². The van der Waals surface area contributed by atoms with Crippen LogP contribution in [0.1, 0.15) is 43.7 Å². The Labute approximate surface area is 138 Å². The van der Waals surface area contributed by atoms with Gasteiger partial charge in [-0.2, -0.15) is 5.10 Å². The van der Waals surface area contributed by atoms with Gasteiger partial charge in [-0.25, -0.2) is 4.68 Å². The molecule has 2 aromatic rings. The first-order chi connectivity index (χ1) is 10.8. The highest BCUT2D eigenvalue weighted by molar-refractivity contribution is 5.95. The molecule has 1 heterocycles. The van der Waals surface area contributed by atoms with Gasteiger partial charge in [-0.1, -0.05) is 39.0 Å². The van der Waals surface area contributed by atoms with Gasteiger partial charge in [0.25, 0.3) is 5.91 Å². The van der Waals surface area contributed by atoms with Gasteiger partial charge >= 0.3 is 0 Å². The molecule has 0 aliphatic carbocycles. The maximum absolute atomic E-state index is 12.6. The minimum atomic E-state index is -0.207. The van der Waals surface area contributed by atoms with Crippen LogP contribution in [-0.4, -0.2) is 35.3 Å². The van der Waals surface area contributed by atoms with E-state index < -0.39 is 0 Å². The Kier molecular flexibility index (Phi) is 5.21. The van der Waals surface area contributed by atoms with E-state index in [1.165, 1.54) is 0 Å². The van der Waals surface area contributed by atoms with Crippen molar-refractivity contribution in [3.05, 3.63) is 47.8 Å². The number of amides is 1. The van der Waals surface area contributed by atoms with Crippen LogP contribution < -0.4 is 10.6 Å². The Hall–Kier alpha value is -2.14. The van der Waals surface area contributed by atoms with Crippen LogP contribution in [0.2, 0.25) is 0 Å². The van der Waals surface area contributed by atoms with E-state index in [1.807, 2.05) is 50.5 Å². The third-order valence-corrected chi connectivity index (χ3v) is 3.75. The van der Waals surface area contributed by atoms with Gasteiger partial charge in [0.2, 0.25) is 0 Å². The Morgan fingerprint density at radius 3 is 2.48 bits per heavy atom. The van der Waals surface area contributed by atoms with E-state index in [-0.39, 0.29) is 17.4 Å². The molecule has 2 N–H and O–H groups in total. The quantitative estimate of drug-likeness (QED) is 0.891. The lowest BCUT2D eigenvalue weighted by Gasteiger charge is -2.18. The Bertz CT molecular complexity index is 655. The molecule has 0 aliphatic heterocycles. The molecule has 23 heavy (non-hydrogen) atoms. The summed E-state index contributed by atoms with van der Waals surface area (Å²) in [5, 5.41) is 10.7. The molecule has 1 aromatic heterocycles. The minimum Gasteiger partial charge on any atom is -0.350 e. The van der Waals surface area contributed by atoms with E-state index in [2.05, 4.69) is 36.5 Å². The van der Waals surface area contributed by atoms with Crippen LogP contribution in [0.25, 0.3) is 5.69 Å². The van der Waals surface area contributed by atoms with Crippen LogP contribution in [0, 0.1) is 0 Å². The molecule has 5 nitrogen and oxygen atoms in total. The molecule has 0 aliphatic rings. The molecule has 0 saturated carbocycles. The van der Waals surface area contributed by atoms with Crippen molar-refractivity contribution in [2.24, 2.45) is 0 Å². The summed E-state index contributed by atoms with van der Waals surface area (Å²) in [5.41, 5.74) is 2.17. The SMILES string of the molecule is CNC(C)CNC(=O)c1cn(-c2ccccc2)nc1C(C)(C)C. The summed E-state index contributed by atoms with van der Waals surface area (Å²) in [6.45, 7) is 8.81. The molecule has 2 rings (SSSR count). The van der Waals surface area contributed by atoms with Crippen molar-refractivity contribution in [3.63, 3.8) is 0 Å². The molecule has 124 valence electrons. The highest BCUT2D eigenvalue weighted by atomic mass is 16.1. The van der Waals surface area contributed by atoms with Crippen LogP contribution in [-0.2, 0) is 5.41 Å². The summed E-state index contributed by atoms with van der Waals surface area (Å²) in [7, 11) is 1.88. The van der Waals surface area contributed by atoms with Gasteiger partial charge in [-0.15, -0.1) is 0 Å². The molecule has 0 fully saturated rings. The molecule has 0 radical (unpaired) electrons. The fraction of sp³-hybridized carbons (Fsp3) is 0.444. The van der Waals surface area contributed by atoms with Crippen molar-refractivity contribution >= 4 is 5.91 Å². The van der Waals surface area contributed by atoms with E-state index in [0.29, 0.717) is 12.1 Å². The maximum Gasteiger partial charge on any atom is 0.254 e. The largest absolute Gasteiger partial charge is 0.350 e. The van der Waals surface area contributed by atoms with Gasteiger partial charge in [0.05, 0.1) is 16.9 Å². The summed E-state index contributed by atoms with van der Waals surface area (Å²) >= 11 is 0. The number of nitrogens with one attached hydrogen (secondary N) is 2. The van der Waals surface area contributed by atoms with Gasteiger partial charge in [0.15, 0.2) is 0 Å². The van der Waals surface area contributed by atoms with E-state index in [0.717, 1.165) is 11.4 Å². The number of benzene rings is 1. The van der Waals surface area contributed by atoms with Crippen molar-refractivity contribution in [3.8, 4) is 5.69 Å². The molecule has 0 spiro atoms. The van der Waals surface area contributed by atoms with Crippen molar-refractivity contribution < 1.29 is 4.79 Å². The number of hydrogen-bond acceptors (Lipinski definition) is 3. The van der Waals surface area contributed by atoms with E-state index in [9.17, 15) is 4.79 Å². The lowest BCUT2D eigenvalue weighted by molar-refractivity contribution is 0.0948. The van der Waals surface area contributed by atoms with Gasteiger partial charge in [-0.3, -0.25) is 4.79 Å². The fourth-order valence-corrected chi connectivity index (χ4v) is 2.25.